The van der Waals surface area contributed by atoms with E-state index in [-0.39, 0.29) is 5.91 Å². The highest BCUT2D eigenvalue weighted by molar-refractivity contribution is 5.88. The minimum Gasteiger partial charge on any atom is -0.464 e. The molecule has 0 aliphatic heterocycles. The van der Waals surface area contributed by atoms with E-state index in [0.29, 0.717) is 18.4 Å². The lowest BCUT2D eigenvalue weighted by molar-refractivity contribution is -0.121. The summed E-state index contributed by atoms with van der Waals surface area (Å²) in [6.45, 7) is 6.41. The Bertz CT molecular complexity index is 686. The summed E-state index contributed by atoms with van der Waals surface area (Å²) in [5.41, 5.74) is 4.31. The van der Waals surface area contributed by atoms with Gasteiger partial charge in [0.05, 0.1) is 12.7 Å². The first kappa shape index (κ1) is 15.1. The van der Waals surface area contributed by atoms with E-state index < -0.39 is 0 Å². The van der Waals surface area contributed by atoms with Crippen molar-refractivity contribution in [3.05, 3.63) is 35.1 Å². The fourth-order valence-corrected chi connectivity index (χ4v) is 3.43. The van der Waals surface area contributed by atoms with Gasteiger partial charge in [-0.05, 0) is 55.9 Å². The van der Waals surface area contributed by atoms with Crippen LogP contribution in [0.5, 0.6) is 0 Å². The number of hydrogen-bond acceptors (Lipinski definition) is 2. The van der Waals surface area contributed by atoms with Gasteiger partial charge in [0.15, 0.2) is 0 Å². The van der Waals surface area contributed by atoms with E-state index in [1.54, 1.807) is 6.26 Å². The summed E-state index contributed by atoms with van der Waals surface area (Å²) in [7, 11) is 0. The molecule has 118 valence electrons. The summed E-state index contributed by atoms with van der Waals surface area (Å²) in [6.07, 6.45) is 6.97. The molecule has 0 bridgehead atoms. The lowest BCUT2D eigenvalue weighted by Gasteiger charge is -2.29. The second-order valence-corrected chi connectivity index (χ2v) is 6.81. The molecule has 3 nitrogen and oxygen atoms in total. The molecule has 2 atom stereocenters. The summed E-state index contributed by atoms with van der Waals surface area (Å²) in [4.78, 5) is 12.4. The molecule has 1 heterocycles. The minimum absolute atomic E-state index is 0.111. The van der Waals surface area contributed by atoms with Crippen molar-refractivity contribution in [1.82, 2.24) is 5.32 Å². The highest BCUT2D eigenvalue weighted by Crippen LogP contribution is 2.26. The van der Waals surface area contributed by atoms with Crippen molar-refractivity contribution >= 4 is 16.9 Å². The maximum Gasteiger partial charge on any atom is 0.224 e. The van der Waals surface area contributed by atoms with Crippen LogP contribution < -0.4 is 5.32 Å². The monoisotopic (exact) mass is 299 g/mol. The maximum absolute atomic E-state index is 12.4. The molecule has 3 heteroatoms. The average molecular weight is 299 g/mol. The number of hydrogen-bond donors (Lipinski definition) is 1. The van der Waals surface area contributed by atoms with E-state index in [4.69, 9.17) is 4.42 Å². The normalized spacial score (nSPS) is 22.0. The zero-order valence-corrected chi connectivity index (χ0v) is 13.7. The Morgan fingerprint density at radius 3 is 2.73 bits per heavy atom. The van der Waals surface area contributed by atoms with Gasteiger partial charge in [0.25, 0.3) is 0 Å². The van der Waals surface area contributed by atoms with Crippen molar-refractivity contribution in [3.63, 3.8) is 0 Å². The van der Waals surface area contributed by atoms with Gasteiger partial charge in [0.2, 0.25) is 5.91 Å². The van der Waals surface area contributed by atoms with Crippen molar-refractivity contribution in [2.45, 2.75) is 58.9 Å². The van der Waals surface area contributed by atoms with Gasteiger partial charge in [-0.1, -0.05) is 19.8 Å². The largest absolute Gasteiger partial charge is 0.464 e. The Labute approximate surface area is 132 Å². The number of nitrogens with one attached hydrogen (secondary N) is 1. The number of amides is 1. The van der Waals surface area contributed by atoms with Crippen molar-refractivity contribution in [3.8, 4) is 0 Å². The number of carbonyl (C=O) groups is 1. The first-order valence-corrected chi connectivity index (χ1v) is 8.31. The van der Waals surface area contributed by atoms with Crippen molar-refractivity contribution in [2.24, 2.45) is 5.92 Å². The predicted octanol–water partition coefficient (Wildman–Crippen LogP) is 4.29. The van der Waals surface area contributed by atoms with Crippen LogP contribution in [0.25, 0.3) is 11.0 Å². The number of rotatable bonds is 3. The SMILES string of the molecule is Cc1cc2occ(CC(=O)N[C@H]3CCCC[C@H]3C)c2cc1C. The molecule has 1 aliphatic carbocycles. The van der Waals surface area contributed by atoms with Crippen LogP contribution in [0.4, 0.5) is 0 Å². The van der Waals surface area contributed by atoms with Gasteiger partial charge in [0, 0.05) is 17.0 Å². The van der Waals surface area contributed by atoms with Gasteiger partial charge in [-0.3, -0.25) is 4.79 Å². The zero-order chi connectivity index (χ0) is 15.7. The lowest BCUT2D eigenvalue weighted by atomic mass is 9.86. The smallest absolute Gasteiger partial charge is 0.224 e. The van der Waals surface area contributed by atoms with Gasteiger partial charge in [-0.2, -0.15) is 0 Å². The minimum atomic E-state index is 0.111. The molecule has 2 aromatic rings. The number of carbonyl (C=O) groups excluding carboxylic acids is 1. The summed E-state index contributed by atoms with van der Waals surface area (Å²) < 4.78 is 5.62. The predicted molar refractivity (Wildman–Crippen MR) is 89.0 cm³/mol. The second-order valence-electron chi connectivity index (χ2n) is 6.81. The molecule has 1 aromatic carbocycles. The third-order valence-corrected chi connectivity index (χ3v) is 5.08. The summed E-state index contributed by atoms with van der Waals surface area (Å²) in [5.74, 6) is 0.698. The van der Waals surface area contributed by atoms with Crippen molar-refractivity contribution in [2.75, 3.05) is 0 Å². The molecule has 1 aliphatic rings. The molecule has 0 radical (unpaired) electrons. The van der Waals surface area contributed by atoms with E-state index in [0.717, 1.165) is 23.0 Å². The van der Waals surface area contributed by atoms with Gasteiger partial charge in [0.1, 0.15) is 5.58 Å². The average Bonchev–Trinajstić information content (AvgIpc) is 2.84. The Morgan fingerprint density at radius 1 is 1.23 bits per heavy atom. The molecule has 0 spiro atoms. The molecule has 1 amide bonds. The maximum atomic E-state index is 12.4. The molecular formula is C19H25NO2. The van der Waals surface area contributed by atoms with E-state index in [1.165, 1.54) is 30.4 Å². The number of fused-ring (bicyclic) bond motifs is 1. The molecule has 1 fully saturated rings. The topological polar surface area (TPSA) is 42.2 Å². The fourth-order valence-electron chi connectivity index (χ4n) is 3.43. The first-order chi connectivity index (χ1) is 10.5. The van der Waals surface area contributed by atoms with Crippen LogP contribution in [0.2, 0.25) is 0 Å². The number of furan rings is 1. The highest BCUT2D eigenvalue weighted by Gasteiger charge is 2.23. The van der Waals surface area contributed by atoms with Crippen LogP contribution in [0.15, 0.2) is 22.8 Å². The van der Waals surface area contributed by atoms with E-state index in [1.807, 2.05) is 0 Å². The molecule has 22 heavy (non-hydrogen) atoms. The standard InChI is InChI=1S/C19H25NO2/c1-12-6-4-5-7-17(12)20-19(21)10-15-11-22-18-9-14(3)13(2)8-16(15)18/h8-9,11-12,17H,4-7,10H2,1-3H3,(H,20,21)/t12-,17+/m1/s1. The van der Waals surface area contributed by atoms with Gasteiger partial charge in [-0.15, -0.1) is 0 Å². The highest BCUT2D eigenvalue weighted by atomic mass is 16.3. The molecule has 1 N–H and O–H groups in total. The fraction of sp³-hybridized carbons (Fsp3) is 0.526. The number of aryl methyl sites for hydroxylation is 2. The molecule has 1 aromatic heterocycles. The Kier molecular flexibility index (Phi) is 4.23. The van der Waals surface area contributed by atoms with Crippen molar-refractivity contribution < 1.29 is 9.21 Å². The molecule has 3 rings (SSSR count). The molecule has 1 saturated carbocycles. The third-order valence-electron chi connectivity index (χ3n) is 5.08. The van der Waals surface area contributed by atoms with Crippen LogP contribution in [-0.2, 0) is 11.2 Å². The number of benzene rings is 1. The Hall–Kier alpha value is -1.77. The molecular weight excluding hydrogens is 274 g/mol. The van der Waals surface area contributed by atoms with E-state index >= 15 is 0 Å². The van der Waals surface area contributed by atoms with Crippen molar-refractivity contribution in [1.29, 1.82) is 0 Å². The van der Waals surface area contributed by atoms with Crippen LogP contribution in [-0.4, -0.2) is 11.9 Å². The van der Waals surface area contributed by atoms with Gasteiger partial charge < -0.3 is 9.73 Å². The van der Waals surface area contributed by atoms with Gasteiger partial charge in [-0.25, -0.2) is 0 Å². The Balaban J connectivity index is 1.72. The summed E-state index contributed by atoms with van der Waals surface area (Å²) >= 11 is 0. The third kappa shape index (κ3) is 3.03. The summed E-state index contributed by atoms with van der Waals surface area (Å²) in [5, 5.41) is 4.28. The second kappa shape index (κ2) is 6.15. The van der Waals surface area contributed by atoms with Crippen LogP contribution >= 0.6 is 0 Å². The van der Waals surface area contributed by atoms with E-state index in [9.17, 15) is 4.79 Å². The van der Waals surface area contributed by atoms with Crippen LogP contribution in [0.3, 0.4) is 0 Å². The molecule has 0 unspecified atom stereocenters. The quantitative estimate of drug-likeness (QED) is 0.918. The lowest BCUT2D eigenvalue weighted by Crippen LogP contribution is -2.41. The summed E-state index contributed by atoms with van der Waals surface area (Å²) in [6, 6.07) is 4.51. The van der Waals surface area contributed by atoms with Gasteiger partial charge >= 0.3 is 0 Å². The van der Waals surface area contributed by atoms with Crippen LogP contribution in [0, 0.1) is 19.8 Å². The zero-order valence-electron chi connectivity index (χ0n) is 13.7. The van der Waals surface area contributed by atoms with Crippen LogP contribution in [0.1, 0.15) is 49.3 Å². The molecule has 0 saturated heterocycles. The first-order valence-electron chi connectivity index (χ1n) is 8.31. The Morgan fingerprint density at radius 2 is 1.95 bits per heavy atom. The van der Waals surface area contributed by atoms with E-state index in [2.05, 4.69) is 38.2 Å².